The molecule has 1 saturated heterocycles. The van der Waals surface area contributed by atoms with Crippen LogP contribution < -0.4 is 5.32 Å². The summed E-state index contributed by atoms with van der Waals surface area (Å²) in [6.45, 7) is 3.14. The molecule has 3 heterocycles. The Morgan fingerprint density at radius 2 is 2.36 bits per heavy atom. The van der Waals surface area contributed by atoms with E-state index in [1.807, 2.05) is 20.0 Å². The lowest BCUT2D eigenvalue weighted by Crippen LogP contribution is -2.39. The maximum absolute atomic E-state index is 12.3. The van der Waals surface area contributed by atoms with Crippen LogP contribution in [0.1, 0.15) is 36.8 Å². The van der Waals surface area contributed by atoms with Crippen LogP contribution in [0.2, 0.25) is 0 Å². The molecule has 1 aliphatic rings. The minimum absolute atomic E-state index is 0.0329. The van der Waals surface area contributed by atoms with Crippen molar-refractivity contribution in [1.82, 2.24) is 29.9 Å². The van der Waals surface area contributed by atoms with Crippen molar-refractivity contribution in [2.24, 2.45) is 7.05 Å². The third kappa shape index (κ3) is 3.16. The molecule has 2 N–H and O–H groups in total. The summed E-state index contributed by atoms with van der Waals surface area (Å²) in [7, 11) is 1.82. The molecule has 1 amide bonds. The summed E-state index contributed by atoms with van der Waals surface area (Å²) in [5, 5.41) is 14.0. The molecule has 0 saturated carbocycles. The summed E-state index contributed by atoms with van der Waals surface area (Å²) in [5.41, 5.74) is 0.885. The molecule has 2 aromatic heterocycles. The third-order valence-corrected chi connectivity index (χ3v) is 3.98. The molecular weight excluding hydrogens is 282 g/mol. The van der Waals surface area contributed by atoms with Crippen molar-refractivity contribution in [3.63, 3.8) is 0 Å². The van der Waals surface area contributed by atoms with Crippen molar-refractivity contribution in [1.29, 1.82) is 0 Å². The Hall–Kier alpha value is -2.22. The molecule has 0 aromatic carbocycles. The van der Waals surface area contributed by atoms with E-state index in [9.17, 15) is 4.79 Å². The van der Waals surface area contributed by atoms with E-state index in [1.165, 1.54) is 6.33 Å². The van der Waals surface area contributed by atoms with Gasteiger partial charge in [-0.2, -0.15) is 10.2 Å². The molecule has 1 atom stereocenters. The minimum atomic E-state index is -0.0329. The number of carbonyl (C=O) groups excluding carboxylic acids is 1. The highest BCUT2D eigenvalue weighted by Crippen LogP contribution is 2.28. The molecular formula is C14H21N7O. The van der Waals surface area contributed by atoms with E-state index in [0.29, 0.717) is 6.54 Å². The molecule has 0 aliphatic carbocycles. The number of aryl methyl sites for hydroxylation is 2. The predicted molar refractivity (Wildman–Crippen MR) is 81.1 cm³/mol. The molecule has 0 radical (unpaired) electrons. The largest absolute Gasteiger partial charge is 0.310 e. The number of hydrogen-bond donors (Lipinski definition) is 2. The second-order valence-corrected chi connectivity index (χ2v) is 5.70. The Labute approximate surface area is 128 Å². The van der Waals surface area contributed by atoms with E-state index >= 15 is 0 Å². The minimum Gasteiger partial charge on any atom is -0.310 e. The summed E-state index contributed by atoms with van der Waals surface area (Å²) in [4.78, 5) is 18.7. The first-order valence-electron chi connectivity index (χ1n) is 7.53. The molecule has 0 bridgehead atoms. The summed E-state index contributed by atoms with van der Waals surface area (Å²) in [6.07, 6.45) is 4.75. The highest BCUT2D eigenvalue weighted by atomic mass is 16.2. The number of H-pyrrole nitrogens is 1. The Balaban J connectivity index is 1.65. The fourth-order valence-corrected chi connectivity index (χ4v) is 2.96. The van der Waals surface area contributed by atoms with Gasteiger partial charge in [-0.3, -0.25) is 19.5 Å². The Morgan fingerprint density at radius 1 is 1.50 bits per heavy atom. The number of hydrogen-bond acceptors (Lipinski definition) is 5. The average Bonchev–Trinajstić information content (AvgIpc) is 3.10. The molecule has 1 fully saturated rings. The monoisotopic (exact) mass is 303 g/mol. The van der Waals surface area contributed by atoms with Crippen LogP contribution >= 0.6 is 0 Å². The molecule has 1 unspecified atom stereocenters. The Kier molecular flexibility index (Phi) is 4.19. The van der Waals surface area contributed by atoms with Gasteiger partial charge in [0.05, 0.1) is 18.3 Å². The SMILES string of the molecule is Cc1cc(NC(=O)CN2CCCCC2c2ncn[nH]2)n(C)n1. The van der Waals surface area contributed by atoms with Gasteiger partial charge in [-0.05, 0) is 26.3 Å². The second kappa shape index (κ2) is 6.27. The van der Waals surface area contributed by atoms with E-state index in [-0.39, 0.29) is 11.9 Å². The van der Waals surface area contributed by atoms with Gasteiger partial charge in [0.25, 0.3) is 0 Å². The van der Waals surface area contributed by atoms with E-state index in [4.69, 9.17) is 0 Å². The van der Waals surface area contributed by atoms with Gasteiger partial charge < -0.3 is 5.32 Å². The molecule has 8 nitrogen and oxygen atoms in total. The lowest BCUT2D eigenvalue weighted by atomic mass is 10.0. The van der Waals surface area contributed by atoms with Gasteiger partial charge in [-0.25, -0.2) is 4.98 Å². The average molecular weight is 303 g/mol. The van der Waals surface area contributed by atoms with Gasteiger partial charge in [0, 0.05) is 13.1 Å². The van der Waals surface area contributed by atoms with Crippen molar-refractivity contribution in [3.8, 4) is 0 Å². The van der Waals surface area contributed by atoms with Crippen molar-refractivity contribution in [2.45, 2.75) is 32.2 Å². The van der Waals surface area contributed by atoms with Crippen molar-refractivity contribution in [3.05, 3.63) is 23.9 Å². The lowest BCUT2D eigenvalue weighted by molar-refractivity contribution is -0.118. The first-order chi connectivity index (χ1) is 10.6. The number of rotatable bonds is 4. The Bertz CT molecular complexity index is 634. The first-order valence-corrected chi connectivity index (χ1v) is 7.53. The molecule has 3 rings (SSSR count). The summed E-state index contributed by atoms with van der Waals surface area (Å²) < 4.78 is 1.68. The quantitative estimate of drug-likeness (QED) is 0.879. The number of nitrogens with zero attached hydrogens (tertiary/aromatic N) is 5. The van der Waals surface area contributed by atoms with Gasteiger partial charge in [-0.1, -0.05) is 6.42 Å². The molecule has 118 valence electrons. The van der Waals surface area contributed by atoms with Crippen LogP contribution in [0.4, 0.5) is 5.82 Å². The number of piperidine rings is 1. The van der Waals surface area contributed by atoms with Crippen molar-refractivity contribution in [2.75, 3.05) is 18.4 Å². The van der Waals surface area contributed by atoms with Gasteiger partial charge in [-0.15, -0.1) is 0 Å². The normalized spacial score (nSPS) is 19.3. The zero-order valence-corrected chi connectivity index (χ0v) is 12.9. The van der Waals surface area contributed by atoms with Crippen molar-refractivity contribution < 1.29 is 4.79 Å². The standard InChI is InChI=1S/C14H21N7O/c1-10-7-12(20(2)19-10)17-13(22)8-21-6-4-3-5-11(21)14-15-9-16-18-14/h7,9,11H,3-6,8H2,1-2H3,(H,17,22)(H,15,16,18). The number of amides is 1. The highest BCUT2D eigenvalue weighted by Gasteiger charge is 2.27. The van der Waals surface area contributed by atoms with Crippen LogP contribution in [0.3, 0.4) is 0 Å². The van der Waals surface area contributed by atoms with Crippen LogP contribution in [0.25, 0.3) is 0 Å². The summed E-state index contributed by atoms with van der Waals surface area (Å²) in [6, 6.07) is 2.00. The number of carbonyl (C=O) groups is 1. The molecule has 1 aliphatic heterocycles. The first kappa shape index (κ1) is 14.7. The number of nitrogens with one attached hydrogen (secondary N) is 2. The van der Waals surface area contributed by atoms with Gasteiger partial charge in [0.2, 0.25) is 5.91 Å². The van der Waals surface area contributed by atoms with Crippen LogP contribution in [-0.4, -0.2) is 48.9 Å². The van der Waals surface area contributed by atoms with E-state index in [1.54, 1.807) is 4.68 Å². The number of aromatic amines is 1. The molecule has 8 heteroatoms. The van der Waals surface area contributed by atoms with Gasteiger partial charge >= 0.3 is 0 Å². The van der Waals surface area contributed by atoms with Crippen LogP contribution in [0, 0.1) is 6.92 Å². The number of likely N-dealkylation sites (tertiary alicyclic amines) is 1. The fraction of sp³-hybridized carbons (Fsp3) is 0.571. The number of anilines is 1. The summed E-state index contributed by atoms with van der Waals surface area (Å²) >= 11 is 0. The Morgan fingerprint density at radius 3 is 3.05 bits per heavy atom. The lowest BCUT2D eigenvalue weighted by Gasteiger charge is -2.33. The van der Waals surface area contributed by atoms with Gasteiger partial charge in [0.1, 0.15) is 18.0 Å². The zero-order chi connectivity index (χ0) is 15.5. The fourth-order valence-electron chi connectivity index (χ4n) is 2.96. The topological polar surface area (TPSA) is 91.7 Å². The van der Waals surface area contributed by atoms with Crippen LogP contribution in [0.15, 0.2) is 12.4 Å². The summed E-state index contributed by atoms with van der Waals surface area (Å²) in [5.74, 6) is 1.52. The van der Waals surface area contributed by atoms with Crippen LogP contribution in [0.5, 0.6) is 0 Å². The van der Waals surface area contributed by atoms with E-state index < -0.39 is 0 Å². The number of aromatic nitrogens is 5. The van der Waals surface area contributed by atoms with E-state index in [0.717, 1.165) is 43.1 Å². The van der Waals surface area contributed by atoms with Crippen LogP contribution in [-0.2, 0) is 11.8 Å². The third-order valence-electron chi connectivity index (χ3n) is 3.98. The smallest absolute Gasteiger partial charge is 0.239 e. The second-order valence-electron chi connectivity index (χ2n) is 5.70. The predicted octanol–water partition coefficient (Wildman–Crippen LogP) is 1.01. The van der Waals surface area contributed by atoms with Crippen molar-refractivity contribution >= 4 is 11.7 Å². The molecule has 2 aromatic rings. The molecule has 22 heavy (non-hydrogen) atoms. The maximum atomic E-state index is 12.3. The highest BCUT2D eigenvalue weighted by molar-refractivity contribution is 5.91. The van der Waals surface area contributed by atoms with Gasteiger partial charge in [0.15, 0.2) is 0 Å². The maximum Gasteiger partial charge on any atom is 0.239 e. The van der Waals surface area contributed by atoms with E-state index in [2.05, 4.69) is 30.5 Å². The zero-order valence-electron chi connectivity index (χ0n) is 12.9. The molecule has 0 spiro atoms.